The van der Waals surface area contributed by atoms with Gasteiger partial charge in [0.25, 0.3) is 5.91 Å². The van der Waals surface area contributed by atoms with Gasteiger partial charge < -0.3 is 10.4 Å². The Labute approximate surface area is 150 Å². The summed E-state index contributed by atoms with van der Waals surface area (Å²) in [5.41, 5.74) is 0.603. The molecule has 26 heavy (non-hydrogen) atoms. The summed E-state index contributed by atoms with van der Waals surface area (Å²) in [6.07, 6.45) is 1.71. The van der Waals surface area contributed by atoms with Crippen LogP contribution in [-0.4, -0.2) is 21.2 Å². The van der Waals surface area contributed by atoms with E-state index in [0.29, 0.717) is 16.8 Å². The van der Waals surface area contributed by atoms with Crippen LogP contribution >= 0.6 is 0 Å². The molecule has 0 fully saturated rings. The van der Waals surface area contributed by atoms with Crippen molar-refractivity contribution in [1.82, 2.24) is 10.2 Å². The summed E-state index contributed by atoms with van der Waals surface area (Å²) in [5, 5.41) is 22.0. The van der Waals surface area contributed by atoms with E-state index in [0.717, 1.165) is 10.9 Å². The first-order valence-corrected chi connectivity index (χ1v) is 8.26. The molecule has 128 valence electrons. The van der Waals surface area contributed by atoms with Crippen molar-refractivity contribution in [3.8, 4) is 0 Å². The predicted molar refractivity (Wildman–Crippen MR) is 101 cm³/mol. The van der Waals surface area contributed by atoms with Gasteiger partial charge in [-0.2, -0.15) is 5.10 Å². The number of carbonyl (C=O) groups excluding carboxylic acids is 1. The number of H-pyrrole nitrogens is 1. The SMILES string of the molecule is O=C(Nc1ccc2cn[nH]c2c1)C(O)(c1ccccc1)c1ccccc1. The van der Waals surface area contributed by atoms with Crippen LogP contribution in [0.5, 0.6) is 0 Å². The first-order chi connectivity index (χ1) is 12.7. The van der Waals surface area contributed by atoms with E-state index in [1.165, 1.54) is 0 Å². The Balaban J connectivity index is 1.75. The number of aliphatic hydroxyl groups is 1. The lowest BCUT2D eigenvalue weighted by Gasteiger charge is -2.28. The largest absolute Gasteiger partial charge is 0.372 e. The Bertz CT molecular complexity index is 1000. The molecule has 4 aromatic rings. The third-order valence-electron chi connectivity index (χ3n) is 4.41. The minimum Gasteiger partial charge on any atom is -0.372 e. The Kier molecular flexibility index (Phi) is 3.99. The molecule has 5 heteroatoms. The standard InChI is InChI=1S/C21H17N3O2/c25-20(23-18-12-11-15-14-22-24-19(15)13-18)21(26,16-7-3-1-4-8-16)17-9-5-2-6-10-17/h1-14,26H,(H,22,24)(H,23,25). The zero-order valence-electron chi connectivity index (χ0n) is 13.9. The van der Waals surface area contributed by atoms with Gasteiger partial charge in [0.05, 0.1) is 11.7 Å². The molecule has 5 nitrogen and oxygen atoms in total. The van der Waals surface area contributed by atoms with Gasteiger partial charge in [-0.15, -0.1) is 0 Å². The van der Waals surface area contributed by atoms with Gasteiger partial charge in [0, 0.05) is 11.1 Å². The zero-order chi connectivity index (χ0) is 18.0. The summed E-state index contributed by atoms with van der Waals surface area (Å²) in [7, 11) is 0. The molecule has 0 unspecified atom stereocenters. The van der Waals surface area contributed by atoms with Crippen molar-refractivity contribution < 1.29 is 9.90 Å². The highest BCUT2D eigenvalue weighted by Gasteiger charge is 2.39. The molecule has 0 aliphatic carbocycles. The Morgan fingerprint density at radius 3 is 2.15 bits per heavy atom. The molecular formula is C21H17N3O2. The molecule has 0 aliphatic heterocycles. The number of anilines is 1. The summed E-state index contributed by atoms with van der Waals surface area (Å²) >= 11 is 0. The third-order valence-corrected chi connectivity index (χ3v) is 4.41. The number of nitrogens with one attached hydrogen (secondary N) is 2. The minimum atomic E-state index is -1.80. The molecule has 4 rings (SSSR count). The Morgan fingerprint density at radius 1 is 0.923 bits per heavy atom. The number of nitrogens with zero attached hydrogens (tertiary/aromatic N) is 1. The number of aromatic amines is 1. The summed E-state index contributed by atoms with van der Waals surface area (Å²) in [6, 6.07) is 23.3. The number of benzene rings is 3. The normalized spacial score (nSPS) is 11.4. The maximum atomic E-state index is 13.1. The van der Waals surface area contributed by atoms with Crippen LogP contribution < -0.4 is 5.32 Å². The molecule has 0 spiro atoms. The second-order valence-electron chi connectivity index (χ2n) is 6.07. The monoisotopic (exact) mass is 343 g/mol. The molecule has 0 bridgehead atoms. The fourth-order valence-electron chi connectivity index (χ4n) is 3.02. The van der Waals surface area contributed by atoms with Gasteiger partial charge in [-0.3, -0.25) is 9.89 Å². The van der Waals surface area contributed by atoms with Crippen LogP contribution in [0.3, 0.4) is 0 Å². The van der Waals surface area contributed by atoms with Gasteiger partial charge in [-0.1, -0.05) is 60.7 Å². The van der Waals surface area contributed by atoms with Crippen molar-refractivity contribution in [3.63, 3.8) is 0 Å². The number of rotatable bonds is 4. The number of aromatic nitrogens is 2. The topological polar surface area (TPSA) is 78.0 Å². The second-order valence-corrected chi connectivity index (χ2v) is 6.07. The van der Waals surface area contributed by atoms with Crippen LogP contribution in [0.1, 0.15) is 11.1 Å². The summed E-state index contributed by atoms with van der Waals surface area (Å²) in [5.74, 6) is -0.520. The molecular weight excluding hydrogens is 326 g/mol. The molecule has 1 aromatic heterocycles. The van der Waals surface area contributed by atoms with Gasteiger partial charge in [0.15, 0.2) is 5.60 Å². The number of fused-ring (bicyclic) bond motifs is 1. The van der Waals surface area contributed by atoms with Crippen LogP contribution in [0.15, 0.2) is 85.1 Å². The molecule has 3 aromatic carbocycles. The van der Waals surface area contributed by atoms with Crippen molar-refractivity contribution in [2.24, 2.45) is 0 Å². The van der Waals surface area contributed by atoms with Crippen molar-refractivity contribution in [3.05, 3.63) is 96.2 Å². The Morgan fingerprint density at radius 2 is 1.54 bits per heavy atom. The number of amides is 1. The second kappa shape index (κ2) is 6.46. The van der Waals surface area contributed by atoms with E-state index >= 15 is 0 Å². The van der Waals surface area contributed by atoms with Crippen molar-refractivity contribution in [2.45, 2.75) is 5.60 Å². The highest BCUT2D eigenvalue weighted by atomic mass is 16.3. The molecule has 1 heterocycles. The molecule has 3 N–H and O–H groups in total. The quantitative estimate of drug-likeness (QED) is 0.531. The van der Waals surface area contributed by atoms with Crippen molar-refractivity contribution in [2.75, 3.05) is 5.32 Å². The van der Waals surface area contributed by atoms with E-state index in [2.05, 4.69) is 15.5 Å². The van der Waals surface area contributed by atoms with Gasteiger partial charge in [-0.25, -0.2) is 0 Å². The fourth-order valence-corrected chi connectivity index (χ4v) is 3.02. The van der Waals surface area contributed by atoms with Crippen LogP contribution in [0.25, 0.3) is 10.9 Å². The summed E-state index contributed by atoms with van der Waals surface area (Å²) in [6.45, 7) is 0. The third kappa shape index (κ3) is 2.74. The molecule has 0 radical (unpaired) electrons. The van der Waals surface area contributed by atoms with Crippen LogP contribution in [0, 0.1) is 0 Å². The lowest BCUT2D eigenvalue weighted by atomic mass is 9.85. The molecule has 0 aliphatic rings. The maximum absolute atomic E-state index is 13.1. The lowest BCUT2D eigenvalue weighted by Crippen LogP contribution is -2.41. The number of carbonyl (C=O) groups is 1. The summed E-state index contributed by atoms with van der Waals surface area (Å²) in [4.78, 5) is 13.1. The van der Waals surface area contributed by atoms with Gasteiger partial charge >= 0.3 is 0 Å². The van der Waals surface area contributed by atoms with Crippen molar-refractivity contribution in [1.29, 1.82) is 0 Å². The van der Waals surface area contributed by atoms with Crippen LogP contribution in [0.4, 0.5) is 5.69 Å². The van der Waals surface area contributed by atoms with E-state index in [9.17, 15) is 9.90 Å². The predicted octanol–water partition coefficient (Wildman–Crippen LogP) is 3.44. The molecule has 0 saturated carbocycles. The van der Waals surface area contributed by atoms with E-state index in [4.69, 9.17) is 0 Å². The van der Waals surface area contributed by atoms with Crippen LogP contribution in [-0.2, 0) is 10.4 Å². The molecule has 0 saturated heterocycles. The summed E-state index contributed by atoms with van der Waals surface area (Å²) < 4.78 is 0. The zero-order valence-corrected chi connectivity index (χ0v) is 13.9. The minimum absolute atomic E-state index is 0.506. The lowest BCUT2D eigenvalue weighted by molar-refractivity contribution is -0.131. The van der Waals surface area contributed by atoms with Crippen molar-refractivity contribution >= 4 is 22.5 Å². The first-order valence-electron chi connectivity index (χ1n) is 8.26. The number of hydrogen-bond donors (Lipinski definition) is 3. The van der Waals surface area contributed by atoms with Gasteiger partial charge in [0.2, 0.25) is 0 Å². The Hall–Kier alpha value is -3.44. The van der Waals surface area contributed by atoms with Gasteiger partial charge in [-0.05, 0) is 29.3 Å². The van der Waals surface area contributed by atoms with E-state index in [1.807, 2.05) is 18.2 Å². The fraction of sp³-hybridized carbons (Fsp3) is 0.0476. The van der Waals surface area contributed by atoms with E-state index in [-0.39, 0.29) is 0 Å². The first kappa shape index (κ1) is 16.1. The number of hydrogen-bond acceptors (Lipinski definition) is 3. The average Bonchev–Trinajstić information content (AvgIpc) is 3.16. The van der Waals surface area contributed by atoms with E-state index in [1.54, 1.807) is 66.9 Å². The highest BCUT2D eigenvalue weighted by molar-refractivity contribution is 6.01. The van der Waals surface area contributed by atoms with E-state index < -0.39 is 11.5 Å². The smallest absolute Gasteiger partial charge is 0.265 e. The molecule has 1 amide bonds. The highest BCUT2D eigenvalue weighted by Crippen LogP contribution is 2.31. The average molecular weight is 343 g/mol. The van der Waals surface area contributed by atoms with Crippen LogP contribution in [0.2, 0.25) is 0 Å². The van der Waals surface area contributed by atoms with Gasteiger partial charge in [0.1, 0.15) is 0 Å². The molecule has 0 atom stereocenters. The maximum Gasteiger partial charge on any atom is 0.265 e.